The van der Waals surface area contributed by atoms with Crippen molar-refractivity contribution < 1.29 is 14.3 Å². The highest BCUT2D eigenvalue weighted by Gasteiger charge is 2.16. The van der Waals surface area contributed by atoms with Crippen LogP contribution in [-0.2, 0) is 17.9 Å². The molecule has 0 aromatic heterocycles. The van der Waals surface area contributed by atoms with E-state index in [1.165, 1.54) is 5.56 Å². The van der Waals surface area contributed by atoms with Crippen LogP contribution in [0.1, 0.15) is 31.9 Å². The van der Waals surface area contributed by atoms with Gasteiger partial charge in [0.1, 0.15) is 0 Å². The molecule has 0 aliphatic rings. The van der Waals surface area contributed by atoms with Crippen molar-refractivity contribution in [3.8, 4) is 11.5 Å². The lowest BCUT2D eigenvalue weighted by Gasteiger charge is -2.21. The Morgan fingerprint density at radius 2 is 1.78 bits per heavy atom. The Morgan fingerprint density at radius 3 is 2.41 bits per heavy atom. The lowest BCUT2D eigenvalue weighted by Crippen LogP contribution is -2.43. The first kappa shape index (κ1) is 21.3. The van der Waals surface area contributed by atoms with Gasteiger partial charge in [-0.15, -0.1) is 0 Å². The third kappa shape index (κ3) is 7.23. The molecule has 0 saturated carbocycles. The van der Waals surface area contributed by atoms with Gasteiger partial charge in [0, 0.05) is 23.1 Å². The van der Waals surface area contributed by atoms with E-state index in [-0.39, 0.29) is 18.1 Å². The Kier molecular flexibility index (Phi) is 7.68. The van der Waals surface area contributed by atoms with Crippen LogP contribution in [0.15, 0.2) is 46.9 Å². The van der Waals surface area contributed by atoms with Gasteiger partial charge in [-0.25, -0.2) is 0 Å². The third-order valence-electron chi connectivity index (χ3n) is 3.69. The molecule has 0 spiro atoms. The summed E-state index contributed by atoms with van der Waals surface area (Å²) in [5.41, 5.74) is 1.99. The molecular weight excluding hydrogens is 408 g/mol. The molecule has 2 aromatic rings. The highest BCUT2D eigenvalue weighted by atomic mass is 79.9. The van der Waals surface area contributed by atoms with Crippen molar-refractivity contribution in [2.45, 2.75) is 39.4 Å². The van der Waals surface area contributed by atoms with Crippen LogP contribution in [0.5, 0.6) is 11.5 Å². The summed E-state index contributed by atoms with van der Waals surface area (Å²) in [6.07, 6.45) is 0. The zero-order chi connectivity index (χ0) is 19.9. The average Bonchev–Trinajstić information content (AvgIpc) is 2.61. The number of methoxy groups -OCH3 is 1. The van der Waals surface area contributed by atoms with Crippen LogP contribution in [0.25, 0.3) is 0 Å². The normalized spacial score (nSPS) is 11.1. The predicted octanol–water partition coefficient (Wildman–Crippen LogP) is 4.04. The number of hydrogen-bond donors (Lipinski definition) is 2. The fraction of sp³-hybridized carbons (Fsp3) is 0.381. The highest BCUT2D eigenvalue weighted by Crippen LogP contribution is 2.33. The molecule has 0 aliphatic carbocycles. The van der Waals surface area contributed by atoms with Crippen LogP contribution in [0.4, 0.5) is 0 Å². The van der Waals surface area contributed by atoms with Crippen LogP contribution >= 0.6 is 15.9 Å². The van der Waals surface area contributed by atoms with Crippen molar-refractivity contribution in [1.29, 1.82) is 0 Å². The van der Waals surface area contributed by atoms with Gasteiger partial charge in [0.15, 0.2) is 18.1 Å². The van der Waals surface area contributed by atoms with Crippen LogP contribution in [0.3, 0.4) is 0 Å². The van der Waals surface area contributed by atoms with Crippen LogP contribution < -0.4 is 20.1 Å². The van der Waals surface area contributed by atoms with Crippen molar-refractivity contribution in [2.75, 3.05) is 13.7 Å². The van der Waals surface area contributed by atoms with Gasteiger partial charge in [-0.05, 0) is 44.0 Å². The second-order valence-electron chi connectivity index (χ2n) is 7.27. The minimum atomic E-state index is -0.292. The summed E-state index contributed by atoms with van der Waals surface area (Å²) in [5, 5.41) is 6.28. The Hall–Kier alpha value is -2.05. The van der Waals surface area contributed by atoms with Crippen LogP contribution in [-0.4, -0.2) is 25.2 Å². The first-order chi connectivity index (χ1) is 12.8. The van der Waals surface area contributed by atoms with Gasteiger partial charge in [-0.3, -0.25) is 4.79 Å². The first-order valence-corrected chi connectivity index (χ1v) is 9.62. The van der Waals surface area contributed by atoms with E-state index in [2.05, 4.69) is 38.7 Å². The fourth-order valence-corrected chi connectivity index (χ4v) is 2.98. The molecule has 0 aliphatic heterocycles. The summed E-state index contributed by atoms with van der Waals surface area (Å²) in [4.78, 5) is 12.0. The van der Waals surface area contributed by atoms with Crippen molar-refractivity contribution in [3.05, 3.63) is 58.1 Å². The number of ether oxygens (including phenoxy) is 2. The van der Waals surface area contributed by atoms with E-state index < -0.39 is 0 Å². The largest absolute Gasteiger partial charge is 0.493 e. The van der Waals surface area contributed by atoms with Crippen LogP contribution in [0, 0.1) is 0 Å². The number of rotatable bonds is 8. The summed E-state index contributed by atoms with van der Waals surface area (Å²) in [6.45, 7) is 7.18. The van der Waals surface area contributed by atoms with Gasteiger partial charge in [0.05, 0.1) is 7.11 Å². The van der Waals surface area contributed by atoms with Crippen molar-refractivity contribution >= 4 is 21.8 Å². The summed E-state index contributed by atoms with van der Waals surface area (Å²) in [7, 11) is 1.59. The summed E-state index contributed by atoms with van der Waals surface area (Å²) in [6, 6.07) is 14.0. The Labute approximate surface area is 169 Å². The second-order valence-corrected chi connectivity index (χ2v) is 8.12. The average molecular weight is 435 g/mol. The molecule has 6 heteroatoms. The zero-order valence-electron chi connectivity index (χ0n) is 16.3. The molecule has 0 fully saturated rings. The molecule has 2 N–H and O–H groups in total. The minimum absolute atomic E-state index is 0.0638. The van der Waals surface area contributed by atoms with Crippen molar-refractivity contribution in [1.82, 2.24) is 10.6 Å². The Balaban J connectivity index is 1.98. The molecule has 5 nitrogen and oxygen atoms in total. The molecule has 0 saturated heterocycles. The van der Waals surface area contributed by atoms with E-state index in [9.17, 15) is 4.79 Å². The SMILES string of the molecule is COc1cc(CNCc2ccccc2)c(Br)cc1OCC(=O)NC(C)(C)C. The lowest BCUT2D eigenvalue weighted by atomic mass is 10.1. The molecule has 146 valence electrons. The van der Waals surface area contributed by atoms with E-state index in [1.54, 1.807) is 7.11 Å². The third-order valence-corrected chi connectivity index (χ3v) is 4.43. The van der Waals surface area contributed by atoms with E-state index in [1.807, 2.05) is 51.1 Å². The quantitative estimate of drug-likeness (QED) is 0.657. The van der Waals surface area contributed by atoms with E-state index in [0.717, 1.165) is 16.6 Å². The van der Waals surface area contributed by atoms with E-state index >= 15 is 0 Å². The Bertz CT molecular complexity index is 758. The first-order valence-electron chi connectivity index (χ1n) is 8.83. The molecule has 0 atom stereocenters. The summed E-state index contributed by atoms with van der Waals surface area (Å²) >= 11 is 3.58. The van der Waals surface area contributed by atoms with Crippen LogP contribution in [0.2, 0.25) is 0 Å². The predicted molar refractivity (Wildman–Crippen MR) is 111 cm³/mol. The Morgan fingerprint density at radius 1 is 1.07 bits per heavy atom. The van der Waals surface area contributed by atoms with Gasteiger partial charge in [0.25, 0.3) is 5.91 Å². The van der Waals surface area contributed by atoms with Gasteiger partial charge in [0.2, 0.25) is 0 Å². The molecular formula is C21H27BrN2O3. The zero-order valence-corrected chi connectivity index (χ0v) is 17.9. The second kappa shape index (κ2) is 9.76. The molecule has 0 bridgehead atoms. The number of halogens is 1. The molecule has 1 amide bonds. The van der Waals surface area contributed by atoms with Crippen molar-refractivity contribution in [3.63, 3.8) is 0 Å². The molecule has 0 radical (unpaired) electrons. The van der Waals surface area contributed by atoms with Gasteiger partial charge < -0.3 is 20.1 Å². The van der Waals surface area contributed by atoms with E-state index in [4.69, 9.17) is 9.47 Å². The van der Waals surface area contributed by atoms with Crippen molar-refractivity contribution in [2.24, 2.45) is 0 Å². The number of carbonyl (C=O) groups excluding carboxylic acids is 1. The summed E-state index contributed by atoms with van der Waals surface area (Å²) < 4.78 is 12.0. The molecule has 2 aromatic carbocycles. The van der Waals surface area contributed by atoms with E-state index in [0.29, 0.717) is 18.0 Å². The number of hydrogen-bond acceptors (Lipinski definition) is 4. The molecule has 2 rings (SSSR count). The molecule has 0 heterocycles. The minimum Gasteiger partial charge on any atom is -0.493 e. The monoisotopic (exact) mass is 434 g/mol. The smallest absolute Gasteiger partial charge is 0.258 e. The summed E-state index contributed by atoms with van der Waals surface area (Å²) in [5.74, 6) is 0.952. The molecule has 0 unspecified atom stereocenters. The number of amides is 1. The highest BCUT2D eigenvalue weighted by molar-refractivity contribution is 9.10. The number of carbonyl (C=O) groups is 1. The standard InChI is InChI=1S/C21H27BrN2O3/c1-21(2,3)24-20(25)14-27-19-11-17(22)16(10-18(19)26-4)13-23-12-15-8-6-5-7-9-15/h5-11,23H,12-14H2,1-4H3,(H,24,25). The van der Waals surface area contributed by atoms with Gasteiger partial charge >= 0.3 is 0 Å². The number of nitrogens with one attached hydrogen (secondary N) is 2. The topological polar surface area (TPSA) is 59.6 Å². The van der Waals surface area contributed by atoms with Gasteiger partial charge in [-0.1, -0.05) is 46.3 Å². The van der Waals surface area contributed by atoms with Gasteiger partial charge in [-0.2, -0.15) is 0 Å². The lowest BCUT2D eigenvalue weighted by molar-refractivity contribution is -0.124. The fourth-order valence-electron chi connectivity index (χ4n) is 2.52. The maximum Gasteiger partial charge on any atom is 0.258 e. The molecule has 27 heavy (non-hydrogen) atoms. The number of benzene rings is 2. The maximum absolute atomic E-state index is 12.0. The maximum atomic E-state index is 12.0.